The highest BCUT2D eigenvalue weighted by molar-refractivity contribution is 4.81. The highest BCUT2D eigenvalue weighted by Gasteiger charge is 2.29. The minimum absolute atomic E-state index is 0.783. The van der Waals surface area contributed by atoms with Crippen molar-refractivity contribution in [3.8, 4) is 0 Å². The van der Waals surface area contributed by atoms with Gasteiger partial charge in [0.1, 0.15) is 0 Å². The second kappa shape index (κ2) is 9.80. The van der Waals surface area contributed by atoms with E-state index in [2.05, 4.69) is 33.0 Å². The fourth-order valence-corrected chi connectivity index (χ4v) is 3.74. The molecule has 0 saturated heterocycles. The molecule has 114 valence electrons. The van der Waals surface area contributed by atoms with Gasteiger partial charge >= 0.3 is 0 Å². The Labute approximate surface area is 121 Å². The summed E-state index contributed by atoms with van der Waals surface area (Å²) in [5, 5.41) is 3.71. The number of rotatable bonds is 9. The average molecular weight is 268 g/mol. The number of nitrogens with one attached hydrogen (secondary N) is 1. The van der Waals surface area contributed by atoms with Gasteiger partial charge in [0.15, 0.2) is 0 Å². The summed E-state index contributed by atoms with van der Waals surface area (Å²) in [5.74, 6) is 3.78. The summed E-state index contributed by atoms with van der Waals surface area (Å²) >= 11 is 0. The molecule has 1 aliphatic carbocycles. The maximum atomic E-state index is 3.71. The van der Waals surface area contributed by atoms with E-state index >= 15 is 0 Å². The van der Waals surface area contributed by atoms with Crippen LogP contribution in [0.25, 0.3) is 0 Å². The lowest BCUT2D eigenvalue weighted by molar-refractivity contribution is 0.156. The van der Waals surface area contributed by atoms with Crippen molar-refractivity contribution >= 4 is 0 Å². The monoisotopic (exact) mass is 267 g/mol. The summed E-state index contributed by atoms with van der Waals surface area (Å²) in [6.45, 7) is 11.7. The summed E-state index contributed by atoms with van der Waals surface area (Å²) in [6, 6.07) is 0. The van der Waals surface area contributed by atoms with Crippen molar-refractivity contribution in [3.05, 3.63) is 0 Å². The molecule has 0 radical (unpaired) electrons. The van der Waals surface area contributed by atoms with Crippen LogP contribution in [-0.4, -0.2) is 13.1 Å². The average Bonchev–Trinajstić information content (AvgIpc) is 2.38. The Morgan fingerprint density at radius 3 is 2.42 bits per heavy atom. The van der Waals surface area contributed by atoms with Crippen LogP contribution in [0.15, 0.2) is 0 Å². The third-order valence-corrected chi connectivity index (χ3v) is 4.83. The van der Waals surface area contributed by atoms with Crippen molar-refractivity contribution in [3.63, 3.8) is 0 Å². The molecule has 1 rings (SSSR count). The third kappa shape index (κ3) is 6.79. The topological polar surface area (TPSA) is 12.0 Å². The van der Waals surface area contributed by atoms with E-state index < -0.39 is 0 Å². The molecule has 0 aromatic heterocycles. The lowest BCUT2D eigenvalue weighted by Gasteiger charge is -2.37. The lowest BCUT2D eigenvalue weighted by atomic mass is 9.71. The molecule has 1 aliphatic rings. The summed E-state index contributed by atoms with van der Waals surface area (Å²) < 4.78 is 0. The number of hydrogen-bond acceptors (Lipinski definition) is 1. The van der Waals surface area contributed by atoms with Gasteiger partial charge in [-0.05, 0) is 49.6 Å². The van der Waals surface area contributed by atoms with Gasteiger partial charge in [-0.3, -0.25) is 0 Å². The largest absolute Gasteiger partial charge is 0.316 e. The zero-order chi connectivity index (χ0) is 14.1. The number of hydrogen-bond donors (Lipinski definition) is 1. The molecule has 1 nitrogen and oxygen atoms in total. The SMILES string of the molecule is CCCCC1CC(CCC)CCC1CNCC(C)C. The van der Waals surface area contributed by atoms with Crippen LogP contribution in [-0.2, 0) is 0 Å². The quantitative estimate of drug-likeness (QED) is 0.601. The molecule has 1 heteroatoms. The van der Waals surface area contributed by atoms with Gasteiger partial charge in [-0.1, -0.05) is 66.2 Å². The molecular formula is C18H37N. The van der Waals surface area contributed by atoms with Gasteiger partial charge < -0.3 is 5.32 Å². The first kappa shape index (κ1) is 17.0. The van der Waals surface area contributed by atoms with Crippen LogP contribution in [0.3, 0.4) is 0 Å². The van der Waals surface area contributed by atoms with Crippen LogP contribution in [0.5, 0.6) is 0 Å². The van der Waals surface area contributed by atoms with E-state index in [1.165, 1.54) is 64.5 Å². The minimum Gasteiger partial charge on any atom is -0.316 e. The van der Waals surface area contributed by atoms with Crippen molar-refractivity contribution < 1.29 is 0 Å². The van der Waals surface area contributed by atoms with Gasteiger partial charge in [-0.15, -0.1) is 0 Å². The van der Waals surface area contributed by atoms with Crippen molar-refractivity contribution in [2.75, 3.05) is 13.1 Å². The molecule has 1 saturated carbocycles. The van der Waals surface area contributed by atoms with Gasteiger partial charge in [0, 0.05) is 0 Å². The molecule has 0 spiro atoms. The Bertz CT molecular complexity index is 212. The van der Waals surface area contributed by atoms with Gasteiger partial charge in [0.2, 0.25) is 0 Å². The second-order valence-corrected chi connectivity index (χ2v) is 7.18. The predicted octanol–water partition coefficient (Wildman–Crippen LogP) is 5.25. The van der Waals surface area contributed by atoms with Gasteiger partial charge in [-0.25, -0.2) is 0 Å². The van der Waals surface area contributed by atoms with Crippen LogP contribution < -0.4 is 5.32 Å². The van der Waals surface area contributed by atoms with Gasteiger partial charge in [0.05, 0.1) is 0 Å². The normalized spacial score (nSPS) is 27.9. The lowest BCUT2D eigenvalue weighted by Crippen LogP contribution is -2.34. The Morgan fingerprint density at radius 1 is 1.00 bits per heavy atom. The maximum absolute atomic E-state index is 3.71. The standard InChI is InChI=1S/C18H37N/c1-5-7-9-17-12-16(8-6-2)10-11-18(17)14-19-13-15(3)4/h15-19H,5-14H2,1-4H3. The first-order valence-corrected chi connectivity index (χ1v) is 8.88. The third-order valence-electron chi connectivity index (χ3n) is 4.83. The smallest absolute Gasteiger partial charge is 0.00178 e. The van der Waals surface area contributed by atoms with Crippen LogP contribution in [0.4, 0.5) is 0 Å². The molecule has 0 heterocycles. The molecule has 1 N–H and O–H groups in total. The molecule has 1 fully saturated rings. The van der Waals surface area contributed by atoms with E-state index in [1.807, 2.05) is 0 Å². The van der Waals surface area contributed by atoms with Gasteiger partial charge in [-0.2, -0.15) is 0 Å². The predicted molar refractivity (Wildman–Crippen MR) is 86.5 cm³/mol. The molecule has 3 unspecified atom stereocenters. The summed E-state index contributed by atoms with van der Waals surface area (Å²) in [4.78, 5) is 0. The highest BCUT2D eigenvalue weighted by atomic mass is 14.9. The molecule has 0 bridgehead atoms. The van der Waals surface area contributed by atoms with Gasteiger partial charge in [0.25, 0.3) is 0 Å². The Hall–Kier alpha value is -0.0400. The zero-order valence-corrected chi connectivity index (χ0v) is 13.9. The van der Waals surface area contributed by atoms with E-state index in [4.69, 9.17) is 0 Å². The fraction of sp³-hybridized carbons (Fsp3) is 1.00. The zero-order valence-electron chi connectivity index (χ0n) is 13.9. The fourth-order valence-electron chi connectivity index (χ4n) is 3.74. The maximum Gasteiger partial charge on any atom is -0.00178 e. The molecule has 0 amide bonds. The molecule has 3 atom stereocenters. The summed E-state index contributed by atoms with van der Waals surface area (Å²) in [5.41, 5.74) is 0. The first-order chi connectivity index (χ1) is 9.17. The van der Waals surface area contributed by atoms with E-state index in [1.54, 1.807) is 0 Å². The summed E-state index contributed by atoms with van der Waals surface area (Å²) in [6.07, 6.45) is 11.6. The van der Waals surface area contributed by atoms with E-state index in [0.29, 0.717) is 0 Å². The van der Waals surface area contributed by atoms with Crippen LogP contribution >= 0.6 is 0 Å². The van der Waals surface area contributed by atoms with Crippen molar-refractivity contribution in [1.82, 2.24) is 5.32 Å². The summed E-state index contributed by atoms with van der Waals surface area (Å²) in [7, 11) is 0. The Balaban J connectivity index is 2.38. The highest BCUT2D eigenvalue weighted by Crippen LogP contribution is 2.38. The molecule has 0 aliphatic heterocycles. The molecular weight excluding hydrogens is 230 g/mol. The van der Waals surface area contributed by atoms with Crippen molar-refractivity contribution in [1.29, 1.82) is 0 Å². The molecule has 0 aromatic rings. The van der Waals surface area contributed by atoms with Crippen LogP contribution in [0.1, 0.15) is 79.1 Å². The van der Waals surface area contributed by atoms with Crippen molar-refractivity contribution in [2.45, 2.75) is 79.1 Å². The Kier molecular flexibility index (Phi) is 8.77. The number of unbranched alkanes of at least 4 members (excludes halogenated alkanes) is 1. The van der Waals surface area contributed by atoms with E-state index in [9.17, 15) is 0 Å². The molecule has 0 aromatic carbocycles. The molecule has 19 heavy (non-hydrogen) atoms. The van der Waals surface area contributed by atoms with Crippen LogP contribution in [0.2, 0.25) is 0 Å². The van der Waals surface area contributed by atoms with E-state index in [0.717, 1.165) is 23.7 Å². The Morgan fingerprint density at radius 2 is 1.79 bits per heavy atom. The van der Waals surface area contributed by atoms with Crippen LogP contribution in [0, 0.1) is 23.7 Å². The van der Waals surface area contributed by atoms with E-state index in [-0.39, 0.29) is 0 Å². The first-order valence-electron chi connectivity index (χ1n) is 8.88. The minimum atomic E-state index is 0.783. The van der Waals surface area contributed by atoms with Crippen molar-refractivity contribution in [2.24, 2.45) is 23.7 Å². The second-order valence-electron chi connectivity index (χ2n) is 7.18.